The van der Waals surface area contributed by atoms with Gasteiger partial charge in [-0.3, -0.25) is 19.0 Å². The second kappa shape index (κ2) is 8.65. The third-order valence-electron chi connectivity index (χ3n) is 5.15. The van der Waals surface area contributed by atoms with Crippen molar-refractivity contribution in [1.29, 1.82) is 0 Å². The quantitative estimate of drug-likeness (QED) is 0.579. The van der Waals surface area contributed by atoms with Gasteiger partial charge in [-0.1, -0.05) is 37.3 Å². The van der Waals surface area contributed by atoms with Crippen LogP contribution in [0.3, 0.4) is 0 Å². The maximum atomic E-state index is 14.2. The molecule has 1 heterocycles. The Morgan fingerprint density at radius 1 is 1.17 bits per heavy atom. The Bertz CT molecular complexity index is 1110. The summed E-state index contributed by atoms with van der Waals surface area (Å²) in [7, 11) is 0. The minimum atomic E-state index is -1.31. The normalized spacial score (nSPS) is 17.5. The minimum Gasteiger partial charge on any atom is -0.494 e. The molecule has 0 spiro atoms. The number of alkyl halides is 1. The number of halogens is 1. The van der Waals surface area contributed by atoms with E-state index < -0.39 is 29.7 Å². The molecule has 2 aromatic rings. The summed E-state index contributed by atoms with van der Waals surface area (Å²) in [6.45, 7) is 4.98. The summed E-state index contributed by atoms with van der Waals surface area (Å²) < 4.78 is 20.0. The molecule has 2 unspecified atom stereocenters. The molecule has 3 rings (SSSR count). The monoisotopic (exact) mass is 413 g/mol. The molecule has 7 heteroatoms. The van der Waals surface area contributed by atoms with Gasteiger partial charge in [0.15, 0.2) is 5.78 Å². The first-order valence-corrected chi connectivity index (χ1v) is 9.86. The standard InChI is InChI=1S/C23H24FNO5/c1-4-30-20(27)10-7-15-5-8-16(9-6-15)22(28)21-17-11-13(2)18(24)12-19(17)25(14(3)26)23(21)29/h5-6,8-9,11-13,18,29H,4,7,10H2,1-3H3. The molecule has 158 valence electrons. The van der Waals surface area contributed by atoms with E-state index >= 15 is 0 Å². The Kier molecular flexibility index (Phi) is 6.20. The summed E-state index contributed by atoms with van der Waals surface area (Å²) in [5, 5.41) is 11.2. The number of carbonyl (C=O) groups excluding carboxylic acids is 3. The van der Waals surface area contributed by atoms with Crippen LogP contribution in [-0.2, 0) is 16.0 Å². The van der Waals surface area contributed by atoms with Crippen molar-refractivity contribution < 1.29 is 28.6 Å². The van der Waals surface area contributed by atoms with E-state index in [0.29, 0.717) is 23.8 Å². The number of aryl methyl sites for hydroxylation is 1. The predicted molar refractivity (Wildman–Crippen MR) is 109 cm³/mol. The fourth-order valence-electron chi connectivity index (χ4n) is 3.57. The van der Waals surface area contributed by atoms with E-state index in [-0.39, 0.29) is 23.3 Å². The second-order valence-electron chi connectivity index (χ2n) is 7.32. The molecule has 0 saturated heterocycles. The maximum Gasteiger partial charge on any atom is 0.306 e. The van der Waals surface area contributed by atoms with Crippen molar-refractivity contribution in [3.05, 3.63) is 51.5 Å². The number of ketones is 1. The third-order valence-corrected chi connectivity index (χ3v) is 5.15. The third kappa shape index (κ3) is 4.06. The van der Waals surface area contributed by atoms with E-state index in [1.165, 1.54) is 13.0 Å². The Hall–Kier alpha value is -3.22. The highest BCUT2D eigenvalue weighted by molar-refractivity contribution is 6.11. The van der Waals surface area contributed by atoms with E-state index in [9.17, 15) is 23.9 Å². The molecule has 30 heavy (non-hydrogen) atoms. The zero-order chi connectivity index (χ0) is 22.0. The topological polar surface area (TPSA) is 85.6 Å². The fourth-order valence-corrected chi connectivity index (χ4v) is 3.57. The second-order valence-corrected chi connectivity index (χ2v) is 7.32. The highest BCUT2D eigenvalue weighted by Crippen LogP contribution is 2.21. The summed E-state index contributed by atoms with van der Waals surface area (Å²) >= 11 is 0. The highest BCUT2D eigenvalue weighted by Gasteiger charge is 2.27. The van der Waals surface area contributed by atoms with Crippen LogP contribution in [0.2, 0.25) is 0 Å². The van der Waals surface area contributed by atoms with E-state index in [2.05, 4.69) is 0 Å². The number of aromatic nitrogens is 1. The number of ether oxygens (including phenoxy) is 1. The van der Waals surface area contributed by atoms with Crippen LogP contribution < -0.4 is 10.6 Å². The number of hydrogen-bond donors (Lipinski definition) is 1. The van der Waals surface area contributed by atoms with E-state index in [0.717, 1.165) is 10.1 Å². The lowest BCUT2D eigenvalue weighted by molar-refractivity contribution is -0.143. The SMILES string of the molecule is CCOC(=O)CCc1ccc(C(=O)c2c(O)n(C(C)=O)c3c2=CC(C)C(F)C=3)cc1. The van der Waals surface area contributed by atoms with Crippen LogP contribution in [0.4, 0.5) is 4.39 Å². The molecule has 0 aliphatic heterocycles. The summed E-state index contributed by atoms with van der Waals surface area (Å²) in [6.07, 6.45) is 2.24. The first kappa shape index (κ1) is 21.5. The zero-order valence-corrected chi connectivity index (χ0v) is 17.1. The smallest absolute Gasteiger partial charge is 0.306 e. The average molecular weight is 413 g/mol. The minimum absolute atomic E-state index is 0.0190. The fraction of sp³-hybridized carbons (Fsp3) is 0.348. The van der Waals surface area contributed by atoms with Crippen molar-refractivity contribution in [2.75, 3.05) is 6.61 Å². The molecule has 6 nitrogen and oxygen atoms in total. The van der Waals surface area contributed by atoms with Crippen molar-refractivity contribution in [3.8, 4) is 5.88 Å². The van der Waals surface area contributed by atoms with Crippen molar-refractivity contribution in [3.63, 3.8) is 0 Å². The molecule has 1 N–H and O–H groups in total. The van der Waals surface area contributed by atoms with Gasteiger partial charge in [0, 0.05) is 30.0 Å². The van der Waals surface area contributed by atoms with Gasteiger partial charge in [-0.15, -0.1) is 0 Å². The van der Waals surface area contributed by atoms with Gasteiger partial charge in [0.05, 0.1) is 17.5 Å². The predicted octanol–water partition coefficient (Wildman–Crippen LogP) is 2.13. The number of rotatable bonds is 6. The summed E-state index contributed by atoms with van der Waals surface area (Å²) in [6, 6.07) is 6.67. The Labute approximate surface area is 173 Å². The number of fused-ring (bicyclic) bond motifs is 1. The number of benzene rings is 1. The van der Waals surface area contributed by atoms with Crippen LogP contribution in [0.1, 0.15) is 53.5 Å². The lowest BCUT2D eigenvalue weighted by Crippen LogP contribution is -2.39. The molecular weight excluding hydrogens is 389 g/mol. The van der Waals surface area contributed by atoms with Crippen molar-refractivity contribution in [2.24, 2.45) is 5.92 Å². The number of carbonyl (C=O) groups is 3. The molecule has 0 radical (unpaired) electrons. The highest BCUT2D eigenvalue weighted by atomic mass is 19.1. The van der Waals surface area contributed by atoms with Crippen LogP contribution in [0.25, 0.3) is 12.2 Å². The Balaban J connectivity index is 1.96. The van der Waals surface area contributed by atoms with Gasteiger partial charge >= 0.3 is 5.97 Å². The van der Waals surface area contributed by atoms with Crippen molar-refractivity contribution >= 4 is 29.8 Å². The summed E-state index contributed by atoms with van der Waals surface area (Å²) in [5.74, 6) is -2.24. The van der Waals surface area contributed by atoms with Gasteiger partial charge in [0.1, 0.15) is 6.17 Å². The first-order chi connectivity index (χ1) is 14.2. The molecule has 1 aromatic heterocycles. The molecule has 1 aromatic carbocycles. The van der Waals surface area contributed by atoms with Gasteiger partial charge in [-0.2, -0.15) is 0 Å². The van der Waals surface area contributed by atoms with Crippen LogP contribution in [0.5, 0.6) is 5.88 Å². The maximum absolute atomic E-state index is 14.2. The number of hydrogen-bond acceptors (Lipinski definition) is 5. The number of aromatic hydroxyl groups is 1. The molecular formula is C23H24FNO5. The largest absolute Gasteiger partial charge is 0.494 e. The summed E-state index contributed by atoms with van der Waals surface area (Å²) in [4.78, 5) is 36.6. The van der Waals surface area contributed by atoms with Crippen molar-refractivity contribution in [1.82, 2.24) is 4.57 Å². The van der Waals surface area contributed by atoms with Crippen LogP contribution in [0, 0.1) is 5.92 Å². The number of esters is 1. The molecule has 0 saturated carbocycles. The van der Waals surface area contributed by atoms with E-state index in [1.54, 1.807) is 44.2 Å². The summed E-state index contributed by atoms with van der Waals surface area (Å²) in [5.41, 5.74) is 1.16. The Morgan fingerprint density at radius 3 is 2.43 bits per heavy atom. The van der Waals surface area contributed by atoms with Crippen LogP contribution >= 0.6 is 0 Å². The van der Waals surface area contributed by atoms with Crippen LogP contribution in [0.15, 0.2) is 24.3 Å². The average Bonchev–Trinajstić information content (AvgIpc) is 2.98. The van der Waals surface area contributed by atoms with Gasteiger partial charge in [-0.25, -0.2) is 4.39 Å². The molecule has 1 aliphatic carbocycles. The molecule has 1 aliphatic rings. The van der Waals surface area contributed by atoms with Crippen LogP contribution in [-0.4, -0.2) is 40.1 Å². The Morgan fingerprint density at radius 2 is 1.83 bits per heavy atom. The van der Waals surface area contributed by atoms with E-state index in [4.69, 9.17) is 4.74 Å². The van der Waals surface area contributed by atoms with Crippen molar-refractivity contribution in [2.45, 2.75) is 39.8 Å². The van der Waals surface area contributed by atoms with Gasteiger partial charge in [0.2, 0.25) is 11.8 Å². The zero-order valence-electron chi connectivity index (χ0n) is 17.1. The molecule has 0 bridgehead atoms. The lowest BCUT2D eigenvalue weighted by atomic mass is 9.96. The molecule has 0 fully saturated rings. The van der Waals surface area contributed by atoms with Gasteiger partial charge in [-0.05, 0) is 25.0 Å². The molecule has 0 amide bonds. The first-order valence-electron chi connectivity index (χ1n) is 9.86. The molecule has 2 atom stereocenters. The van der Waals surface area contributed by atoms with Gasteiger partial charge in [0.25, 0.3) is 0 Å². The van der Waals surface area contributed by atoms with E-state index in [1.807, 2.05) is 0 Å². The lowest BCUT2D eigenvalue weighted by Gasteiger charge is -2.12. The number of nitrogens with zero attached hydrogens (tertiary/aromatic N) is 1. The van der Waals surface area contributed by atoms with Gasteiger partial charge < -0.3 is 9.84 Å².